The minimum absolute atomic E-state index is 0.0408. The van der Waals surface area contributed by atoms with Crippen LogP contribution in [-0.2, 0) is 12.7 Å². The van der Waals surface area contributed by atoms with E-state index < -0.39 is 22.9 Å². The zero-order chi connectivity index (χ0) is 21.2. The number of alkyl halides is 3. The highest BCUT2D eigenvalue weighted by atomic mass is 19.4. The number of allylic oxidation sites excluding steroid dienone is 4. The number of pyridine rings is 1. The molecule has 1 aliphatic carbocycles. The van der Waals surface area contributed by atoms with Gasteiger partial charge in [-0.1, -0.05) is 62.4 Å². The molecule has 1 aromatic heterocycles. The number of nitriles is 1. The lowest BCUT2D eigenvalue weighted by atomic mass is 9.91. The Labute approximate surface area is 167 Å². The zero-order valence-electron chi connectivity index (χ0n) is 16.2. The number of nitrogens with zero attached hydrogens (tertiary/aromatic N) is 2. The van der Waals surface area contributed by atoms with Crippen molar-refractivity contribution < 1.29 is 13.2 Å². The molecule has 3 nitrogen and oxygen atoms in total. The minimum atomic E-state index is -4.79. The third-order valence-corrected chi connectivity index (χ3v) is 5.09. The molecule has 0 saturated heterocycles. The molecule has 0 amide bonds. The summed E-state index contributed by atoms with van der Waals surface area (Å²) >= 11 is 0. The Hall–Kier alpha value is -3.07. The number of hydrogen-bond acceptors (Lipinski definition) is 2. The maximum Gasteiger partial charge on any atom is 0.417 e. The van der Waals surface area contributed by atoms with Crippen LogP contribution in [0.25, 0.3) is 11.3 Å². The summed E-state index contributed by atoms with van der Waals surface area (Å²) in [6, 6.07) is 10.9. The second kappa shape index (κ2) is 8.12. The Morgan fingerprint density at radius 2 is 1.93 bits per heavy atom. The number of halogens is 3. The molecular formula is C23H21F3N2O. The monoisotopic (exact) mass is 398 g/mol. The predicted octanol–water partition coefficient (Wildman–Crippen LogP) is 5.56. The molecule has 0 bridgehead atoms. The fraction of sp³-hybridized carbons (Fsp3) is 0.304. The molecule has 1 aromatic carbocycles. The maximum atomic E-state index is 13.5. The molecule has 0 fully saturated rings. The van der Waals surface area contributed by atoms with Gasteiger partial charge in [-0.25, -0.2) is 0 Å². The maximum absolute atomic E-state index is 13.5. The second-order valence-electron chi connectivity index (χ2n) is 7.42. The average Bonchev–Trinajstić information content (AvgIpc) is 2.69. The summed E-state index contributed by atoms with van der Waals surface area (Å²) in [5.41, 5.74) is -1.11. The molecule has 0 radical (unpaired) electrons. The smallest absolute Gasteiger partial charge is 0.307 e. The van der Waals surface area contributed by atoms with Gasteiger partial charge in [0.25, 0.3) is 5.56 Å². The largest absolute Gasteiger partial charge is 0.417 e. The van der Waals surface area contributed by atoms with E-state index in [4.69, 9.17) is 0 Å². The quantitative estimate of drug-likeness (QED) is 0.676. The molecule has 150 valence electrons. The van der Waals surface area contributed by atoms with Crippen LogP contribution in [0.3, 0.4) is 0 Å². The summed E-state index contributed by atoms with van der Waals surface area (Å²) in [5.74, 6) is 0.340. The number of hydrogen-bond donors (Lipinski definition) is 0. The van der Waals surface area contributed by atoms with Gasteiger partial charge in [-0.2, -0.15) is 18.4 Å². The molecular weight excluding hydrogens is 377 g/mol. The van der Waals surface area contributed by atoms with E-state index in [2.05, 4.69) is 19.9 Å². The Morgan fingerprint density at radius 1 is 1.24 bits per heavy atom. The van der Waals surface area contributed by atoms with E-state index in [1.807, 2.05) is 12.2 Å². The van der Waals surface area contributed by atoms with Crippen molar-refractivity contribution in [1.82, 2.24) is 4.57 Å². The Balaban J connectivity index is 2.12. The Morgan fingerprint density at radius 3 is 2.45 bits per heavy atom. The van der Waals surface area contributed by atoms with Crippen LogP contribution in [0.2, 0.25) is 0 Å². The highest BCUT2D eigenvalue weighted by Gasteiger charge is 2.36. The van der Waals surface area contributed by atoms with Gasteiger partial charge < -0.3 is 4.57 Å². The summed E-state index contributed by atoms with van der Waals surface area (Å²) in [6.07, 6.45) is 1.99. The third kappa shape index (κ3) is 4.34. The summed E-state index contributed by atoms with van der Waals surface area (Å²) < 4.78 is 41.8. The van der Waals surface area contributed by atoms with Crippen molar-refractivity contribution in [3.63, 3.8) is 0 Å². The molecule has 1 atom stereocenters. The molecule has 1 unspecified atom stereocenters. The summed E-state index contributed by atoms with van der Waals surface area (Å²) in [7, 11) is 0. The average molecular weight is 398 g/mol. The summed E-state index contributed by atoms with van der Waals surface area (Å²) in [4.78, 5) is 12.9. The van der Waals surface area contributed by atoms with Crippen LogP contribution in [0.1, 0.15) is 31.4 Å². The van der Waals surface area contributed by atoms with E-state index in [0.717, 1.165) is 6.07 Å². The highest BCUT2D eigenvalue weighted by molar-refractivity contribution is 5.62. The third-order valence-electron chi connectivity index (χ3n) is 5.09. The van der Waals surface area contributed by atoms with Crippen molar-refractivity contribution in [1.29, 1.82) is 5.26 Å². The van der Waals surface area contributed by atoms with Gasteiger partial charge in [0, 0.05) is 6.54 Å². The van der Waals surface area contributed by atoms with Crippen molar-refractivity contribution in [3.05, 3.63) is 81.7 Å². The van der Waals surface area contributed by atoms with E-state index in [0.29, 0.717) is 17.9 Å². The van der Waals surface area contributed by atoms with Gasteiger partial charge in [0.2, 0.25) is 0 Å². The molecule has 0 saturated carbocycles. The van der Waals surface area contributed by atoms with Crippen molar-refractivity contribution in [3.8, 4) is 17.3 Å². The molecule has 6 heteroatoms. The summed E-state index contributed by atoms with van der Waals surface area (Å²) in [6.45, 7) is 4.38. The SMILES string of the molecule is CC(C)C1=CCC(Cn2c(-c3ccccc3)cc(C(F)(F)F)c(C#N)c2=O)C=C1. The Kier molecular flexibility index (Phi) is 5.78. The first-order valence-corrected chi connectivity index (χ1v) is 9.41. The fourth-order valence-electron chi connectivity index (χ4n) is 3.49. The summed E-state index contributed by atoms with van der Waals surface area (Å²) in [5, 5.41) is 9.26. The lowest BCUT2D eigenvalue weighted by Gasteiger charge is -2.22. The fourth-order valence-corrected chi connectivity index (χ4v) is 3.49. The van der Waals surface area contributed by atoms with Crippen molar-refractivity contribution in [2.75, 3.05) is 0 Å². The van der Waals surface area contributed by atoms with E-state index >= 15 is 0 Å². The first-order chi connectivity index (χ1) is 13.7. The lowest BCUT2D eigenvalue weighted by Crippen LogP contribution is -2.30. The minimum Gasteiger partial charge on any atom is -0.307 e. The van der Waals surface area contributed by atoms with Gasteiger partial charge in [0.15, 0.2) is 0 Å². The van der Waals surface area contributed by atoms with Crippen molar-refractivity contribution in [2.45, 2.75) is 33.0 Å². The van der Waals surface area contributed by atoms with Gasteiger partial charge in [0.05, 0.1) is 11.3 Å². The van der Waals surface area contributed by atoms with Crippen LogP contribution < -0.4 is 5.56 Å². The van der Waals surface area contributed by atoms with Gasteiger partial charge in [-0.3, -0.25) is 4.79 Å². The zero-order valence-corrected chi connectivity index (χ0v) is 16.2. The predicted molar refractivity (Wildman–Crippen MR) is 106 cm³/mol. The highest BCUT2D eigenvalue weighted by Crippen LogP contribution is 2.34. The van der Waals surface area contributed by atoms with Crippen LogP contribution >= 0.6 is 0 Å². The lowest BCUT2D eigenvalue weighted by molar-refractivity contribution is -0.137. The van der Waals surface area contributed by atoms with Crippen LogP contribution in [0.15, 0.2) is 65.0 Å². The number of benzene rings is 1. The van der Waals surface area contributed by atoms with Crippen molar-refractivity contribution >= 4 is 0 Å². The molecule has 2 aromatic rings. The first kappa shape index (κ1) is 20.7. The Bertz CT molecular complexity index is 1050. The van der Waals surface area contributed by atoms with Crippen LogP contribution in [-0.4, -0.2) is 4.57 Å². The molecule has 1 heterocycles. The van der Waals surface area contributed by atoms with E-state index in [1.165, 1.54) is 16.2 Å². The molecule has 1 aliphatic rings. The van der Waals surface area contributed by atoms with E-state index in [-0.39, 0.29) is 18.2 Å². The first-order valence-electron chi connectivity index (χ1n) is 9.41. The molecule has 3 rings (SSSR count). The van der Waals surface area contributed by atoms with Crippen LogP contribution in [0.4, 0.5) is 13.2 Å². The topological polar surface area (TPSA) is 45.8 Å². The normalized spacial score (nSPS) is 16.6. The van der Waals surface area contributed by atoms with Crippen LogP contribution in [0.5, 0.6) is 0 Å². The molecule has 0 aliphatic heterocycles. The van der Waals surface area contributed by atoms with E-state index in [9.17, 15) is 23.2 Å². The van der Waals surface area contributed by atoms with Gasteiger partial charge in [0.1, 0.15) is 11.6 Å². The molecule has 29 heavy (non-hydrogen) atoms. The van der Waals surface area contributed by atoms with E-state index in [1.54, 1.807) is 30.3 Å². The van der Waals surface area contributed by atoms with Gasteiger partial charge in [-0.15, -0.1) is 0 Å². The van der Waals surface area contributed by atoms with Gasteiger partial charge >= 0.3 is 6.18 Å². The number of aromatic nitrogens is 1. The number of rotatable bonds is 4. The molecule has 0 N–H and O–H groups in total. The standard InChI is InChI=1S/C23H21F3N2O/c1-15(2)17-10-8-16(9-11-17)14-28-21(18-6-4-3-5-7-18)12-20(23(24,25)26)19(13-27)22(28)29/h3-8,10-12,15-16H,9,14H2,1-2H3. The van der Waals surface area contributed by atoms with Crippen molar-refractivity contribution in [2.24, 2.45) is 11.8 Å². The van der Waals surface area contributed by atoms with Crippen LogP contribution in [0, 0.1) is 23.2 Å². The van der Waals surface area contributed by atoms with Gasteiger partial charge in [-0.05, 0) is 35.5 Å². The second-order valence-corrected chi connectivity index (χ2v) is 7.42. The molecule has 0 spiro atoms.